The number of hydrogen-bond donors (Lipinski definition) is 1. The molecule has 4 heteroatoms. The first kappa shape index (κ1) is 18.0. The maximum Gasteiger partial charge on any atom is 0.271 e. The van der Waals surface area contributed by atoms with Gasteiger partial charge in [-0.2, -0.15) is 5.10 Å². The molecule has 3 nitrogen and oxygen atoms in total. The Balaban J connectivity index is 1.96. The fourth-order valence-corrected chi connectivity index (χ4v) is 2.26. The molecular weight excluding hydrogens is 320 g/mol. The van der Waals surface area contributed by atoms with Crippen LogP contribution in [0.3, 0.4) is 0 Å². The van der Waals surface area contributed by atoms with Crippen molar-refractivity contribution in [2.24, 2.45) is 5.10 Å². The first-order valence-corrected chi connectivity index (χ1v) is 8.10. The molecule has 0 saturated carbocycles. The quantitative estimate of drug-likeness (QED) is 0.619. The Morgan fingerprint density at radius 3 is 2.25 bits per heavy atom. The van der Waals surface area contributed by atoms with Crippen molar-refractivity contribution in [2.75, 3.05) is 0 Å². The van der Waals surface area contributed by atoms with Gasteiger partial charge in [-0.1, -0.05) is 74.8 Å². The Labute approximate surface area is 148 Å². The van der Waals surface area contributed by atoms with Crippen LogP contribution in [0.25, 0.3) is 6.08 Å². The highest BCUT2D eigenvalue weighted by Gasteiger charge is 2.14. The van der Waals surface area contributed by atoms with E-state index in [9.17, 15) is 4.79 Å². The number of nitrogens with one attached hydrogen (secondary N) is 1. The summed E-state index contributed by atoms with van der Waals surface area (Å²) in [5.74, 6) is -0.268. The van der Waals surface area contributed by atoms with E-state index in [4.69, 9.17) is 11.6 Å². The van der Waals surface area contributed by atoms with Gasteiger partial charge in [0.2, 0.25) is 0 Å². The molecule has 0 aliphatic carbocycles. The van der Waals surface area contributed by atoms with Crippen LogP contribution in [0.15, 0.2) is 64.7 Å². The van der Waals surface area contributed by atoms with Gasteiger partial charge in [0.05, 0.1) is 11.2 Å². The molecular formula is C20H21ClN2O. The third-order valence-corrected chi connectivity index (χ3v) is 3.68. The minimum Gasteiger partial charge on any atom is -0.267 e. The third-order valence-electron chi connectivity index (χ3n) is 3.47. The lowest BCUT2D eigenvalue weighted by Gasteiger charge is -2.18. The number of carbonyl (C=O) groups is 1. The molecule has 0 saturated heterocycles. The van der Waals surface area contributed by atoms with Gasteiger partial charge in [0.15, 0.2) is 0 Å². The average Bonchev–Trinajstić information content (AvgIpc) is 2.55. The van der Waals surface area contributed by atoms with E-state index in [0.29, 0.717) is 10.6 Å². The maximum atomic E-state index is 12.1. The fourth-order valence-electron chi connectivity index (χ4n) is 2.08. The summed E-state index contributed by atoms with van der Waals surface area (Å²) in [6.45, 7) is 6.40. The van der Waals surface area contributed by atoms with E-state index in [2.05, 4.69) is 31.3 Å². The van der Waals surface area contributed by atoms with E-state index in [1.54, 1.807) is 18.2 Å². The summed E-state index contributed by atoms with van der Waals surface area (Å²) in [5, 5.41) is 4.32. The molecule has 0 atom stereocenters. The highest BCUT2D eigenvalue weighted by atomic mass is 35.5. The number of allylic oxidation sites excluding steroid dienone is 1. The molecule has 0 fully saturated rings. The van der Waals surface area contributed by atoms with E-state index in [0.717, 1.165) is 5.56 Å². The standard InChI is InChI=1S/C20H21ClN2O/c1-20(2,3)17-11-9-16(10-12-17)19(24)23-22-14-18(21)13-15-7-5-4-6-8-15/h4-14H,1-3H3,(H,23,24). The van der Waals surface area contributed by atoms with Crippen LogP contribution in [0.4, 0.5) is 0 Å². The molecule has 0 spiro atoms. The molecule has 0 unspecified atom stereocenters. The van der Waals surface area contributed by atoms with Crippen LogP contribution in [0.1, 0.15) is 42.3 Å². The van der Waals surface area contributed by atoms with Gasteiger partial charge in [0, 0.05) is 5.56 Å². The second-order valence-electron chi connectivity index (χ2n) is 6.47. The van der Waals surface area contributed by atoms with E-state index < -0.39 is 0 Å². The Morgan fingerprint density at radius 1 is 1.04 bits per heavy atom. The average molecular weight is 341 g/mol. The lowest BCUT2D eigenvalue weighted by Crippen LogP contribution is -2.18. The molecule has 124 valence electrons. The molecule has 0 heterocycles. The molecule has 0 aliphatic heterocycles. The van der Waals surface area contributed by atoms with E-state index in [-0.39, 0.29) is 11.3 Å². The van der Waals surface area contributed by atoms with Gasteiger partial charge in [-0.3, -0.25) is 4.79 Å². The first-order valence-electron chi connectivity index (χ1n) is 7.72. The van der Waals surface area contributed by atoms with Crippen molar-refractivity contribution in [1.29, 1.82) is 0 Å². The Hall–Kier alpha value is -2.39. The highest BCUT2D eigenvalue weighted by Crippen LogP contribution is 2.22. The van der Waals surface area contributed by atoms with Crippen molar-refractivity contribution in [3.63, 3.8) is 0 Å². The number of hydrazone groups is 1. The Morgan fingerprint density at radius 2 is 1.67 bits per heavy atom. The second kappa shape index (κ2) is 7.93. The first-order chi connectivity index (χ1) is 11.4. The molecule has 1 N–H and O–H groups in total. The Bertz CT molecular complexity index is 741. The molecule has 0 bridgehead atoms. The van der Waals surface area contributed by atoms with Crippen LogP contribution in [0.2, 0.25) is 0 Å². The topological polar surface area (TPSA) is 41.5 Å². The van der Waals surface area contributed by atoms with Crippen molar-refractivity contribution < 1.29 is 4.79 Å². The second-order valence-corrected chi connectivity index (χ2v) is 6.90. The Kier molecular flexibility index (Phi) is 5.93. The summed E-state index contributed by atoms with van der Waals surface area (Å²) in [4.78, 5) is 12.1. The SMILES string of the molecule is CC(C)(C)c1ccc(C(=O)NN=CC(Cl)=Cc2ccccc2)cc1. The van der Waals surface area contributed by atoms with Crippen molar-refractivity contribution in [3.05, 3.63) is 76.3 Å². The van der Waals surface area contributed by atoms with Gasteiger partial charge in [-0.25, -0.2) is 5.43 Å². The van der Waals surface area contributed by atoms with Crippen molar-refractivity contribution in [2.45, 2.75) is 26.2 Å². The summed E-state index contributed by atoms with van der Waals surface area (Å²) < 4.78 is 0. The van der Waals surface area contributed by atoms with E-state index >= 15 is 0 Å². The molecule has 1 amide bonds. The predicted molar refractivity (Wildman–Crippen MR) is 101 cm³/mol. The number of hydrogen-bond acceptors (Lipinski definition) is 2. The number of nitrogens with zero attached hydrogens (tertiary/aromatic N) is 1. The van der Waals surface area contributed by atoms with Crippen molar-refractivity contribution in [3.8, 4) is 0 Å². The minimum atomic E-state index is -0.268. The van der Waals surface area contributed by atoms with Crippen LogP contribution in [0.5, 0.6) is 0 Å². The van der Waals surface area contributed by atoms with Crippen LogP contribution >= 0.6 is 11.6 Å². The van der Waals surface area contributed by atoms with Gasteiger partial charge in [-0.05, 0) is 34.8 Å². The van der Waals surface area contributed by atoms with Gasteiger partial charge in [-0.15, -0.1) is 0 Å². The fraction of sp³-hybridized carbons (Fsp3) is 0.200. The largest absolute Gasteiger partial charge is 0.271 e. The van der Waals surface area contributed by atoms with Gasteiger partial charge in [0.1, 0.15) is 0 Å². The number of benzene rings is 2. The number of halogens is 1. The van der Waals surface area contributed by atoms with Gasteiger partial charge >= 0.3 is 0 Å². The summed E-state index contributed by atoms with van der Waals surface area (Å²) in [6, 6.07) is 17.2. The van der Waals surface area contributed by atoms with E-state index in [1.807, 2.05) is 42.5 Å². The van der Waals surface area contributed by atoms with Crippen LogP contribution < -0.4 is 5.43 Å². The van der Waals surface area contributed by atoms with Gasteiger partial charge in [0.25, 0.3) is 5.91 Å². The number of amides is 1. The van der Waals surface area contributed by atoms with Crippen molar-refractivity contribution in [1.82, 2.24) is 5.43 Å². The summed E-state index contributed by atoms with van der Waals surface area (Å²) >= 11 is 6.08. The number of carbonyl (C=O) groups excluding carboxylic acids is 1. The highest BCUT2D eigenvalue weighted by molar-refractivity contribution is 6.41. The van der Waals surface area contributed by atoms with E-state index in [1.165, 1.54) is 11.8 Å². The summed E-state index contributed by atoms with van der Waals surface area (Å²) in [6.07, 6.45) is 3.19. The molecule has 2 rings (SSSR count). The predicted octanol–water partition coefficient (Wildman–Crippen LogP) is 4.98. The molecule has 24 heavy (non-hydrogen) atoms. The summed E-state index contributed by atoms with van der Waals surface area (Å²) in [7, 11) is 0. The monoisotopic (exact) mass is 340 g/mol. The molecule has 2 aromatic carbocycles. The zero-order valence-electron chi connectivity index (χ0n) is 14.1. The lowest BCUT2D eigenvalue weighted by molar-refractivity contribution is 0.0955. The van der Waals surface area contributed by atoms with Gasteiger partial charge < -0.3 is 0 Å². The van der Waals surface area contributed by atoms with Crippen LogP contribution in [0, 0.1) is 0 Å². The lowest BCUT2D eigenvalue weighted by atomic mass is 9.87. The minimum absolute atomic E-state index is 0.0584. The normalized spacial score (nSPS) is 12.4. The molecule has 0 radical (unpaired) electrons. The summed E-state index contributed by atoms with van der Waals surface area (Å²) in [5.41, 5.74) is 5.24. The van der Waals surface area contributed by atoms with Crippen LogP contribution in [-0.2, 0) is 5.41 Å². The smallest absolute Gasteiger partial charge is 0.267 e. The van der Waals surface area contributed by atoms with Crippen LogP contribution in [-0.4, -0.2) is 12.1 Å². The zero-order chi connectivity index (χ0) is 17.6. The molecule has 2 aromatic rings. The zero-order valence-corrected chi connectivity index (χ0v) is 14.8. The number of rotatable bonds is 4. The third kappa shape index (κ3) is 5.36. The molecule has 0 aliphatic rings. The van der Waals surface area contributed by atoms with Crippen molar-refractivity contribution >= 4 is 29.8 Å². The molecule has 0 aromatic heterocycles. The maximum absolute atomic E-state index is 12.1.